The molecule has 0 amide bonds. The average molecular weight is 239 g/mol. The van der Waals surface area contributed by atoms with Crippen molar-refractivity contribution in [2.75, 3.05) is 12.0 Å². The van der Waals surface area contributed by atoms with Crippen molar-refractivity contribution in [2.24, 2.45) is 0 Å². The molecule has 0 saturated heterocycles. The third-order valence-electron chi connectivity index (χ3n) is 2.56. The maximum Gasteiger partial charge on any atom is 0.0383 e. The zero-order chi connectivity index (χ0) is 12.1. The molecule has 0 fully saturated rings. The minimum atomic E-state index is -0.735. The van der Waals surface area contributed by atoms with Crippen LogP contribution in [0.2, 0.25) is 0 Å². The highest BCUT2D eigenvalue weighted by Crippen LogP contribution is 2.14. The molecule has 0 aliphatic heterocycles. The molecule has 0 radical (unpaired) electrons. The first-order chi connectivity index (χ1) is 7.49. The Morgan fingerprint density at radius 3 is 2.62 bits per heavy atom. The van der Waals surface area contributed by atoms with E-state index in [1.807, 2.05) is 0 Å². The molecule has 1 rings (SSSR count). The molecular weight excluding hydrogens is 218 g/mol. The third kappa shape index (κ3) is 4.45. The maximum absolute atomic E-state index is 11.1. The van der Waals surface area contributed by atoms with Gasteiger partial charge in [-0.2, -0.15) is 0 Å². The van der Waals surface area contributed by atoms with Gasteiger partial charge >= 0.3 is 0 Å². The van der Waals surface area contributed by atoms with Crippen LogP contribution in [0.15, 0.2) is 24.3 Å². The standard InChI is InChI=1S/C13H21NOS/c1-10-6-5-7-13(8-10)12(3)14-11(2)9-16(4)15/h5-8,11-12,14H,9H2,1-4H3. The van der Waals surface area contributed by atoms with Gasteiger partial charge in [0.1, 0.15) is 0 Å². The van der Waals surface area contributed by atoms with E-state index in [0.717, 1.165) is 0 Å². The number of hydrogen-bond acceptors (Lipinski definition) is 2. The largest absolute Gasteiger partial charge is 0.307 e. The van der Waals surface area contributed by atoms with Crippen LogP contribution in [0.5, 0.6) is 0 Å². The van der Waals surface area contributed by atoms with Gasteiger partial charge in [0.15, 0.2) is 0 Å². The van der Waals surface area contributed by atoms with Gasteiger partial charge in [0, 0.05) is 34.9 Å². The van der Waals surface area contributed by atoms with Crippen LogP contribution in [-0.2, 0) is 10.8 Å². The summed E-state index contributed by atoms with van der Waals surface area (Å²) in [6.45, 7) is 6.32. The molecule has 0 spiro atoms. The van der Waals surface area contributed by atoms with Gasteiger partial charge in [0.05, 0.1) is 0 Å². The summed E-state index contributed by atoms with van der Waals surface area (Å²) in [7, 11) is -0.735. The zero-order valence-corrected chi connectivity index (χ0v) is 11.3. The fraction of sp³-hybridized carbons (Fsp3) is 0.538. The minimum absolute atomic E-state index is 0.279. The van der Waals surface area contributed by atoms with E-state index in [4.69, 9.17) is 0 Å². The predicted molar refractivity (Wildman–Crippen MR) is 71.1 cm³/mol. The van der Waals surface area contributed by atoms with Crippen LogP contribution in [0.4, 0.5) is 0 Å². The van der Waals surface area contributed by atoms with Crippen molar-refractivity contribution in [3.05, 3.63) is 35.4 Å². The lowest BCUT2D eigenvalue weighted by molar-refractivity contribution is 0.508. The molecule has 3 atom stereocenters. The van der Waals surface area contributed by atoms with Crippen molar-refractivity contribution in [2.45, 2.75) is 32.9 Å². The monoisotopic (exact) mass is 239 g/mol. The summed E-state index contributed by atoms with van der Waals surface area (Å²) in [6.07, 6.45) is 1.75. The van der Waals surface area contributed by atoms with E-state index in [9.17, 15) is 4.21 Å². The highest BCUT2D eigenvalue weighted by Gasteiger charge is 2.10. The molecule has 0 aromatic heterocycles. The van der Waals surface area contributed by atoms with Crippen LogP contribution < -0.4 is 5.32 Å². The molecule has 1 aromatic rings. The fourth-order valence-electron chi connectivity index (χ4n) is 1.86. The second-order valence-electron chi connectivity index (χ2n) is 4.44. The lowest BCUT2D eigenvalue weighted by atomic mass is 10.1. The molecule has 16 heavy (non-hydrogen) atoms. The summed E-state index contributed by atoms with van der Waals surface area (Å²) < 4.78 is 11.1. The number of hydrogen-bond donors (Lipinski definition) is 1. The molecule has 3 heteroatoms. The van der Waals surface area contributed by atoms with E-state index in [-0.39, 0.29) is 6.04 Å². The van der Waals surface area contributed by atoms with E-state index in [2.05, 4.69) is 50.4 Å². The summed E-state index contributed by atoms with van der Waals surface area (Å²) in [4.78, 5) is 0. The van der Waals surface area contributed by atoms with Gasteiger partial charge in [-0.05, 0) is 26.3 Å². The summed E-state index contributed by atoms with van der Waals surface area (Å²) >= 11 is 0. The predicted octanol–water partition coefficient (Wildman–Crippen LogP) is 2.41. The van der Waals surface area contributed by atoms with Crippen molar-refractivity contribution in [1.29, 1.82) is 0 Å². The quantitative estimate of drug-likeness (QED) is 0.855. The number of nitrogens with one attached hydrogen (secondary N) is 1. The van der Waals surface area contributed by atoms with E-state index in [1.165, 1.54) is 11.1 Å². The van der Waals surface area contributed by atoms with Gasteiger partial charge in [-0.25, -0.2) is 0 Å². The number of benzene rings is 1. The fourth-order valence-corrected chi connectivity index (χ4v) is 2.66. The van der Waals surface area contributed by atoms with E-state index in [1.54, 1.807) is 6.26 Å². The Bertz CT molecular complexity index is 365. The first-order valence-corrected chi connectivity index (χ1v) is 7.34. The zero-order valence-electron chi connectivity index (χ0n) is 10.5. The lowest BCUT2D eigenvalue weighted by Crippen LogP contribution is -2.33. The molecule has 0 heterocycles. The van der Waals surface area contributed by atoms with Crippen molar-refractivity contribution in [3.8, 4) is 0 Å². The van der Waals surface area contributed by atoms with Crippen molar-refractivity contribution in [3.63, 3.8) is 0 Å². The molecule has 0 aliphatic carbocycles. The first kappa shape index (κ1) is 13.4. The smallest absolute Gasteiger partial charge is 0.0383 e. The van der Waals surface area contributed by atoms with Crippen LogP contribution >= 0.6 is 0 Å². The number of aryl methyl sites for hydroxylation is 1. The van der Waals surface area contributed by atoms with Gasteiger partial charge in [-0.3, -0.25) is 4.21 Å². The normalized spacial score (nSPS) is 16.8. The highest BCUT2D eigenvalue weighted by atomic mass is 32.2. The Labute approximate surface area is 101 Å². The van der Waals surface area contributed by atoms with Gasteiger partial charge in [0.2, 0.25) is 0 Å². The second-order valence-corrected chi connectivity index (χ2v) is 5.92. The molecule has 2 nitrogen and oxygen atoms in total. The molecule has 1 N–H and O–H groups in total. The second kappa shape index (κ2) is 6.16. The maximum atomic E-state index is 11.1. The van der Waals surface area contributed by atoms with Crippen LogP contribution in [0.3, 0.4) is 0 Å². The first-order valence-electron chi connectivity index (χ1n) is 5.61. The van der Waals surface area contributed by atoms with Crippen molar-refractivity contribution < 1.29 is 4.21 Å². The Morgan fingerprint density at radius 2 is 2.06 bits per heavy atom. The Balaban J connectivity index is 2.58. The van der Waals surface area contributed by atoms with Gasteiger partial charge in [0.25, 0.3) is 0 Å². The van der Waals surface area contributed by atoms with E-state index >= 15 is 0 Å². The van der Waals surface area contributed by atoms with Crippen molar-refractivity contribution >= 4 is 10.8 Å². The van der Waals surface area contributed by atoms with Gasteiger partial charge < -0.3 is 5.32 Å². The molecule has 0 saturated carbocycles. The lowest BCUT2D eigenvalue weighted by Gasteiger charge is -2.19. The van der Waals surface area contributed by atoms with Crippen LogP contribution in [0, 0.1) is 6.92 Å². The topological polar surface area (TPSA) is 29.1 Å². The molecule has 0 aliphatic rings. The molecular formula is C13H21NOS. The van der Waals surface area contributed by atoms with Gasteiger partial charge in [-0.15, -0.1) is 0 Å². The molecule has 1 aromatic carbocycles. The highest BCUT2D eigenvalue weighted by molar-refractivity contribution is 7.84. The number of rotatable bonds is 5. The Morgan fingerprint density at radius 1 is 1.38 bits per heavy atom. The van der Waals surface area contributed by atoms with Crippen LogP contribution in [0.25, 0.3) is 0 Å². The molecule has 0 bridgehead atoms. The minimum Gasteiger partial charge on any atom is -0.307 e. The summed E-state index contributed by atoms with van der Waals surface area (Å²) in [5, 5.41) is 3.46. The summed E-state index contributed by atoms with van der Waals surface area (Å²) in [6, 6.07) is 9.07. The van der Waals surface area contributed by atoms with Crippen LogP contribution in [0.1, 0.15) is 31.0 Å². The van der Waals surface area contributed by atoms with Gasteiger partial charge in [-0.1, -0.05) is 29.8 Å². The summed E-state index contributed by atoms with van der Waals surface area (Å²) in [5.74, 6) is 0.705. The average Bonchev–Trinajstić information content (AvgIpc) is 2.16. The van der Waals surface area contributed by atoms with Crippen LogP contribution in [-0.4, -0.2) is 22.3 Å². The molecule has 90 valence electrons. The summed E-state index contributed by atoms with van der Waals surface area (Å²) in [5.41, 5.74) is 2.56. The third-order valence-corrected chi connectivity index (χ3v) is 3.53. The van der Waals surface area contributed by atoms with E-state index in [0.29, 0.717) is 11.8 Å². The SMILES string of the molecule is Cc1cccc(C(C)NC(C)CS(C)=O)c1. The van der Waals surface area contributed by atoms with Crippen molar-refractivity contribution in [1.82, 2.24) is 5.32 Å². The Kier molecular flexibility index (Phi) is 5.16. The molecule has 3 unspecified atom stereocenters. The van der Waals surface area contributed by atoms with E-state index < -0.39 is 10.8 Å². The Hall–Kier alpha value is -0.670.